The van der Waals surface area contributed by atoms with E-state index in [0.29, 0.717) is 29.4 Å². The number of hydrogen-bond donors (Lipinski definition) is 1. The van der Waals surface area contributed by atoms with Gasteiger partial charge in [0.15, 0.2) is 4.32 Å². The number of benzene rings is 3. The second-order valence-electron chi connectivity index (χ2n) is 6.91. The van der Waals surface area contributed by atoms with E-state index in [0.717, 1.165) is 28.1 Å². The third-order valence-corrected chi connectivity index (χ3v) is 5.87. The van der Waals surface area contributed by atoms with Crippen LogP contribution in [0.15, 0.2) is 89.8 Å². The molecule has 8 heteroatoms. The number of amides is 2. The SMILES string of the molecule is O=C(NN1C(=O)/C(=C\c2cccc(OCCOc3ccccc3)c2)SC1=S)c1ccccc1. The predicted molar refractivity (Wildman–Crippen MR) is 133 cm³/mol. The molecule has 3 aromatic carbocycles. The molecule has 2 amide bonds. The van der Waals surface area contributed by atoms with Crippen molar-refractivity contribution in [1.29, 1.82) is 0 Å². The van der Waals surface area contributed by atoms with Gasteiger partial charge in [0.1, 0.15) is 24.7 Å². The van der Waals surface area contributed by atoms with Crippen LogP contribution in [0.4, 0.5) is 0 Å². The van der Waals surface area contributed by atoms with Crippen LogP contribution in [0.1, 0.15) is 15.9 Å². The average Bonchev–Trinajstić information content (AvgIpc) is 3.10. The quantitative estimate of drug-likeness (QED) is 0.289. The van der Waals surface area contributed by atoms with Crippen molar-refractivity contribution in [2.24, 2.45) is 0 Å². The van der Waals surface area contributed by atoms with E-state index in [2.05, 4.69) is 5.43 Å². The Labute approximate surface area is 201 Å². The Kier molecular flexibility index (Phi) is 7.39. The largest absolute Gasteiger partial charge is 0.490 e. The van der Waals surface area contributed by atoms with E-state index in [1.807, 2.05) is 60.7 Å². The van der Waals surface area contributed by atoms with Gasteiger partial charge in [-0.25, -0.2) is 0 Å². The fourth-order valence-corrected chi connectivity index (χ4v) is 4.18. The predicted octanol–water partition coefficient (Wildman–Crippen LogP) is 4.69. The molecule has 1 fully saturated rings. The number of ether oxygens (including phenoxy) is 2. The molecular weight excluding hydrogens is 456 g/mol. The number of hydrogen-bond acceptors (Lipinski definition) is 6. The van der Waals surface area contributed by atoms with E-state index in [1.54, 1.807) is 30.3 Å². The third kappa shape index (κ3) is 6.00. The number of thiocarbonyl (C=S) groups is 1. The van der Waals surface area contributed by atoms with Crippen molar-refractivity contribution in [3.8, 4) is 11.5 Å². The highest BCUT2D eigenvalue weighted by molar-refractivity contribution is 8.26. The van der Waals surface area contributed by atoms with Crippen LogP contribution in [0.5, 0.6) is 11.5 Å². The van der Waals surface area contributed by atoms with Crippen molar-refractivity contribution >= 4 is 46.2 Å². The third-order valence-electron chi connectivity index (χ3n) is 4.56. The number of rotatable bonds is 8. The molecule has 0 atom stereocenters. The summed E-state index contributed by atoms with van der Waals surface area (Å²) in [6.07, 6.45) is 1.72. The topological polar surface area (TPSA) is 67.9 Å². The Balaban J connectivity index is 1.36. The van der Waals surface area contributed by atoms with E-state index in [9.17, 15) is 9.59 Å². The summed E-state index contributed by atoms with van der Waals surface area (Å²) < 4.78 is 11.7. The summed E-state index contributed by atoms with van der Waals surface area (Å²) in [5, 5.41) is 1.10. The van der Waals surface area contributed by atoms with Gasteiger partial charge in [0.05, 0.1) is 4.91 Å². The first kappa shape index (κ1) is 22.6. The molecule has 0 aliphatic carbocycles. The van der Waals surface area contributed by atoms with Crippen molar-refractivity contribution < 1.29 is 19.1 Å². The molecule has 166 valence electrons. The van der Waals surface area contributed by atoms with Crippen LogP contribution in [0.3, 0.4) is 0 Å². The summed E-state index contributed by atoms with van der Waals surface area (Å²) in [6.45, 7) is 0.792. The van der Waals surface area contributed by atoms with Crippen LogP contribution >= 0.6 is 24.0 Å². The number of carbonyl (C=O) groups excluding carboxylic acids is 2. The number of nitrogens with zero attached hydrogens (tertiary/aromatic N) is 1. The van der Waals surface area contributed by atoms with Gasteiger partial charge < -0.3 is 9.47 Å². The normalized spacial score (nSPS) is 14.4. The maximum atomic E-state index is 12.8. The van der Waals surface area contributed by atoms with E-state index in [4.69, 9.17) is 21.7 Å². The number of thioether (sulfide) groups is 1. The van der Waals surface area contributed by atoms with Crippen LogP contribution in [0, 0.1) is 0 Å². The molecule has 0 bridgehead atoms. The summed E-state index contributed by atoms with van der Waals surface area (Å²) >= 11 is 6.42. The fourth-order valence-electron chi connectivity index (χ4n) is 3.00. The first-order chi connectivity index (χ1) is 16.1. The Bertz CT molecular complexity index is 1180. The summed E-state index contributed by atoms with van der Waals surface area (Å²) in [5.74, 6) is 0.669. The lowest BCUT2D eigenvalue weighted by atomic mass is 10.2. The zero-order valence-corrected chi connectivity index (χ0v) is 19.1. The summed E-state index contributed by atoms with van der Waals surface area (Å²) in [7, 11) is 0. The highest BCUT2D eigenvalue weighted by atomic mass is 32.2. The first-order valence-electron chi connectivity index (χ1n) is 10.1. The minimum Gasteiger partial charge on any atom is -0.490 e. The Hall–Kier alpha value is -3.62. The Morgan fingerprint density at radius 3 is 2.27 bits per heavy atom. The van der Waals surface area contributed by atoms with Gasteiger partial charge in [-0.15, -0.1) is 0 Å². The van der Waals surface area contributed by atoms with Crippen LogP contribution < -0.4 is 14.9 Å². The molecule has 1 N–H and O–H groups in total. The molecule has 1 aliphatic heterocycles. The molecule has 0 saturated carbocycles. The van der Waals surface area contributed by atoms with Gasteiger partial charge in [0.25, 0.3) is 11.8 Å². The summed E-state index contributed by atoms with van der Waals surface area (Å²) in [6, 6.07) is 25.6. The maximum absolute atomic E-state index is 12.8. The maximum Gasteiger partial charge on any atom is 0.285 e. The second kappa shape index (κ2) is 10.8. The molecule has 1 saturated heterocycles. The zero-order chi connectivity index (χ0) is 23.0. The first-order valence-corrected chi connectivity index (χ1v) is 11.4. The second-order valence-corrected chi connectivity index (χ2v) is 8.58. The van der Waals surface area contributed by atoms with Crippen LogP contribution in [-0.2, 0) is 4.79 Å². The molecule has 1 heterocycles. The lowest BCUT2D eigenvalue weighted by Crippen LogP contribution is -2.44. The van der Waals surface area contributed by atoms with Gasteiger partial charge in [-0.2, -0.15) is 5.01 Å². The van der Waals surface area contributed by atoms with E-state index >= 15 is 0 Å². The van der Waals surface area contributed by atoms with Gasteiger partial charge in [-0.1, -0.05) is 60.3 Å². The summed E-state index contributed by atoms with van der Waals surface area (Å²) in [5.41, 5.74) is 3.80. The lowest BCUT2D eigenvalue weighted by Gasteiger charge is -2.15. The van der Waals surface area contributed by atoms with E-state index in [-0.39, 0.29) is 10.2 Å². The van der Waals surface area contributed by atoms with Crippen LogP contribution in [-0.4, -0.2) is 34.4 Å². The van der Waals surface area contributed by atoms with Gasteiger partial charge in [-0.05, 0) is 60.3 Å². The molecule has 0 radical (unpaired) electrons. The molecule has 0 unspecified atom stereocenters. The van der Waals surface area contributed by atoms with Gasteiger partial charge in [0, 0.05) is 5.56 Å². The van der Waals surface area contributed by atoms with Gasteiger partial charge in [-0.3, -0.25) is 15.0 Å². The van der Waals surface area contributed by atoms with Crippen molar-refractivity contribution in [3.63, 3.8) is 0 Å². The minimum atomic E-state index is -0.402. The van der Waals surface area contributed by atoms with Crippen molar-refractivity contribution in [1.82, 2.24) is 10.4 Å². The smallest absolute Gasteiger partial charge is 0.285 e. The molecule has 1 aliphatic rings. The molecule has 0 spiro atoms. The molecule has 6 nitrogen and oxygen atoms in total. The standard InChI is InChI=1S/C25H20N2O4S2/c28-23(19-9-3-1-4-10-19)26-27-24(29)22(33-25(27)32)17-18-8-7-13-21(16-18)31-15-14-30-20-11-5-2-6-12-20/h1-13,16-17H,14-15H2,(H,26,28)/b22-17+. The van der Waals surface area contributed by atoms with E-state index in [1.165, 1.54) is 0 Å². The fraction of sp³-hybridized carbons (Fsp3) is 0.0800. The Morgan fingerprint density at radius 1 is 0.909 bits per heavy atom. The van der Waals surface area contributed by atoms with E-state index < -0.39 is 5.91 Å². The monoisotopic (exact) mass is 476 g/mol. The van der Waals surface area contributed by atoms with Crippen molar-refractivity contribution in [2.45, 2.75) is 0 Å². The molecular formula is C25H20N2O4S2. The van der Waals surface area contributed by atoms with Gasteiger partial charge in [0.2, 0.25) is 0 Å². The lowest BCUT2D eigenvalue weighted by molar-refractivity contribution is -0.123. The number of hydrazine groups is 1. The highest BCUT2D eigenvalue weighted by Gasteiger charge is 2.33. The summed E-state index contributed by atoms with van der Waals surface area (Å²) in [4.78, 5) is 25.6. The molecule has 3 aromatic rings. The number of carbonyl (C=O) groups is 2. The zero-order valence-electron chi connectivity index (χ0n) is 17.5. The molecule has 0 aromatic heterocycles. The average molecular weight is 477 g/mol. The van der Waals surface area contributed by atoms with Gasteiger partial charge >= 0.3 is 0 Å². The Morgan fingerprint density at radius 2 is 1.55 bits per heavy atom. The molecule has 4 rings (SSSR count). The minimum absolute atomic E-state index is 0.265. The van der Waals surface area contributed by atoms with Crippen molar-refractivity contribution in [3.05, 3.63) is 101 Å². The highest BCUT2D eigenvalue weighted by Crippen LogP contribution is 2.32. The van der Waals surface area contributed by atoms with Crippen molar-refractivity contribution in [2.75, 3.05) is 13.2 Å². The van der Waals surface area contributed by atoms with Crippen LogP contribution in [0.2, 0.25) is 0 Å². The number of nitrogens with one attached hydrogen (secondary N) is 1. The number of para-hydroxylation sites is 1. The van der Waals surface area contributed by atoms with Crippen LogP contribution in [0.25, 0.3) is 6.08 Å². The molecule has 33 heavy (non-hydrogen) atoms.